The number of hydrogen-bond acceptors (Lipinski definition) is 5. The molecule has 2 amide bonds. The Labute approximate surface area is 177 Å². The van der Waals surface area contributed by atoms with Crippen LogP contribution in [0.3, 0.4) is 0 Å². The molecule has 0 aliphatic rings. The van der Waals surface area contributed by atoms with Crippen molar-refractivity contribution in [2.24, 2.45) is 5.92 Å². The molecule has 5 N–H and O–H groups in total. The van der Waals surface area contributed by atoms with Gasteiger partial charge in [-0.05, 0) is 42.0 Å². The standard InChI is InChI=1S/C22H29BN2O5/c1-14(2)11-20(23(29)30)25-22(28)19(13-26)24-21(27)18-12-17(10-9-15(18)3)16-7-5-4-6-8-16/h4-10,12,14,19-20,26,29-30H,11,13H2,1-3H3,(H,24,27)(H,25,28)/t19-,20-/m0/s1. The molecule has 0 radical (unpaired) electrons. The van der Waals surface area contributed by atoms with E-state index in [1.165, 1.54) is 0 Å². The maximum Gasteiger partial charge on any atom is 0.475 e. The Balaban J connectivity index is 2.15. The van der Waals surface area contributed by atoms with Gasteiger partial charge >= 0.3 is 7.12 Å². The Morgan fingerprint density at radius 2 is 1.67 bits per heavy atom. The number of aryl methyl sites for hydroxylation is 1. The minimum absolute atomic E-state index is 0.114. The second kappa shape index (κ2) is 10.9. The number of amides is 2. The van der Waals surface area contributed by atoms with E-state index in [1.54, 1.807) is 13.0 Å². The second-order valence-corrected chi connectivity index (χ2v) is 7.76. The lowest BCUT2D eigenvalue weighted by Gasteiger charge is -2.23. The molecule has 30 heavy (non-hydrogen) atoms. The Morgan fingerprint density at radius 3 is 2.23 bits per heavy atom. The number of benzene rings is 2. The van der Waals surface area contributed by atoms with E-state index in [-0.39, 0.29) is 5.92 Å². The van der Waals surface area contributed by atoms with Crippen molar-refractivity contribution in [3.8, 4) is 11.1 Å². The van der Waals surface area contributed by atoms with Crippen LogP contribution in [-0.4, -0.2) is 52.7 Å². The fourth-order valence-corrected chi connectivity index (χ4v) is 3.15. The lowest BCUT2D eigenvalue weighted by Crippen LogP contribution is -2.55. The molecule has 0 saturated heterocycles. The summed E-state index contributed by atoms with van der Waals surface area (Å²) in [6, 6.07) is 13.9. The summed E-state index contributed by atoms with van der Waals surface area (Å²) in [5.41, 5.74) is 2.93. The Bertz CT molecular complexity index is 858. The molecule has 160 valence electrons. The molecular formula is C22H29BN2O5. The molecule has 0 aliphatic carbocycles. The molecule has 0 aromatic heterocycles. The topological polar surface area (TPSA) is 119 Å². The average Bonchev–Trinajstić information content (AvgIpc) is 2.71. The van der Waals surface area contributed by atoms with Crippen LogP contribution in [-0.2, 0) is 4.79 Å². The lowest BCUT2D eigenvalue weighted by molar-refractivity contribution is -0.124. The number of hydrogen-bond donors (Lipinski definition) is 5. The molecule has 0 spiro atoms. The molecule has 0 heterocycles. The second-order valence-electron chi connectivity index (χ2n) is 7.76. The van der Waals surface area contributed by atoms with Crippen molar-refractivity contribution in [2.75, 3.05) is 6.61 Å². The molecule has 0 unspecified atom stereocenters. The number of rotatable bonds is 9. The minimum atomic E-state index is -1.74. The molecule has 2 atom stereocenters. The largest absolute Gasteiger partial charge is 0.475 e. The van der Waals surface area contributed by atoms with Gasteiger partial charge in [0.1, 0.15) is 6.04 Å². The zero-order chi connectivity index (χ0) is 22.3. The monoisotopic (exact) mass is 412 g/mol. The summed E-state index contributed by atoms with van der Waals surface area (Å²) in [6.45, 7) is 4.94. The summed E-state index contributed by atoms with van der Waals surface area (Å²) < 4.78 is 0. The smallest absolute Gasteiger partial charge is 0.426 e. The van der Waals surface area contributed by atoms with Gasteiger partial charge in [-0.25, -0.2) is 0 Å². The molecular weight excluding hydrogens is 383 g/mol. The number of aliphatic hydroxyl groups excluding tert-OH is 1. The first-order chi connectivity index (χ1) is 14.2. The summed E-state index contributed by atoms with van der Waals surface area (Å²) in [5, 5.41) is 33.6. The third kappa shape index (κ3) is 6.42. The van der Waals surface area contributed by atoms with Crippen LogP contribution in [0.25, 0.3) is 11.1 Å². The van der Waals surface area contributed by atoms with E-state index in [2.05, 4.69) is 10.6 Å². The van der Waals surface area contributed by atoms with E-state index in [0.717, 1.165) is 16.7 Å². The maximum absolute atomic E-state index is 12.8. The predicted octanol–water partition coefficient (Wildman–Crippen LogP) is 1.30. The van der Waals surface area contributed by atoms with Crippen molar-refractivity contribution in [3.63, 3.8) is 0 Å². The maximum atomic E-state index is 12.8. The Hall–Kier alpha value is -2.68. The van der Waals surface area contributed by atoms with Gasteiger partial charge < -0.3 is 25.8 Å². The van der Waals surface area contributed by atoms with Gasteiger partial charge in [0.2, 0.25) is 5.91 Å². The normalized spacial score (nSPS) is 12.9. The van der Waals surface area contributed by atoms with Crippen LogP contribution in [0.4, 0.5) is 0 Å². The van der Waals surface area contributed by atoms with E-state index in [0.29, 0.717) is 12.0 Å². The van der Waals surface area contributed by atoms with E-state index in [4.69, 9.17) is 0 Å². The quantitative estimate of drug-likeness (QED) is 0.398. The summed E-state index contributed by atoms with van der Waals surface area (Å²) in [7, 11) is -1.74. The van der Waals surface area contributed by atoms with Crippen molar-refractivity contribution in [2.45, 2.75) is 39.2 Å². The number of carbonyl (C=O) groups is 2. The van der Waals surface area contributed by atoms with E-state index in [1.807, 2.05) is 56.3 Å². The van der Waals surface area contributed by atoms with Gasteiger partial charge in [0.15, 0.2) is 0 Å². The molecule has 7 nitrogen and oxygen atoms in total. The first-order valence-corrected chi connectivity index (χ1v) is 9.97. The van der Waals surface area contributed by atoms with Crippen molar-refractivity contribution < 1.29 is 24.7 Å². The SMILES string of the molecule is Cc1ccc(-c2ccccc2)cc1C(=O)N[C@@H](CO)C(=O)N[C@@H](CC(C)C)B(O)O. The van der Waals surface area contributed by atoms with E-state index < -0.39 is 37.5 Å². The first kappa shape index (κ1) is 23.6. The van der Waals surface area contributed by atoms with Gasteiger partial charge in [0.05, 0.1) is 12.5 Å². The number of nitrogens with one attached hydrogen (secondary N) is 2. The van der Waals surface area contributed by atoms with Crippen LogP contribution >= 0.6 is 0 Å². The summed E-state index contributed by atoms with van der Waals surface area (Å²) in [4.78, 5) is 25.3. The van der Waals surface area contributed by atoms with E-state index >= 15 is 0 Å². The van der Waals surface area contributed by atoms with Crippen LogP contribution in [0.15, 0.2) is 48.5 Å². The number of carbonyl (C=O) groups excluding carboxylic acids is 2. The van der Waals surface area contributed by atoms with Gasteiger partial charge in [-0.2, -0.15) is 0 Å². The minimum Gasteiger partial charge on any atom is -0.426 e. The molecule has 0 saturated carbocycles. The fraction of sp³-hybridized carbons (Fsp3) is 0.364. The molecule has 0 aliphatic heterocycles. The highest BCUT2D eigenvalue weighted by atomic mass is 16.4. The van der Waals surface area contributed by atoms with Crippen molar-refractivity contribution >= 4 is 18.9 Å². The number of aliphatic hydroxyl groups is 1. The Kier molecular flexibility index (Phi) is 8.59. The van der Waals surface area contributed by atoms with Crippen molar-refractivity contribution in [1.82, 2.24) is 10.6 Å². The zero-order valence-corrected chi connectivity index (χ0v) is 17.5. The molecule has 0 bridgehead atoms. The van der Waals surface area contributed by atoms with Crippen LogP contribution < -0.4 is 10.6 Å². The van der Waals surface area contributed by atoms with Gasteiger partial charge in [0, 0.05) is 5.56 Å². The van der Waals surface area contributed by atoms with Crippen LogP contribution in [0.1, 0.15) is 36.2 Å². The molecule has 0 fully saturated rings. The van der Waals surface area contributed by atoms with Gasteiger partial charge in [-0.1, -0.05) is 56.3 Å². The molecule has 2 rings (SSSR count). The fourth-order valence-electron chi connectivity index (χ4n) is 3.15. The van der Waals surface area contributed by atoms with E-state index in [9.17, 15) is 24.7 Å². The summed E-state index contributed by atoms with van der Waals surface area (Å²) in [6.07, 6.45) is 0.341. The zero-order valence-electron chi connectivity index (χ0n) is 17.5. The third-order valence-corrected chi connectivity index (χ3v) is 4.81. The van der Waals surface area contributed by atoms with Gasteiger partial charge in [-0.3, -0.25) is 9.59 Å². The average molecular weight is 412 g/mol. The predicted molar refractivity (Wildman–Crippen MR) is 117 cm³/mol. The summed E-state index contributed by atoms with van der Waals surface area (Å²) in [5.74, 6) is -1.96. The van der Waals surface area contributed by atoms with Crippen LogP contribution in [0.5, 0.6) is 0 Å². The van der Waals surface area contributed by atoms with Gasteiger partial charge in [-0.15, -0.1) is 0 Å². The highest BCUT2D eigenvalue weighted by molar-refractivity contribution is 6.43. The Morgan fingerprint density at radius 1 is 1.00 bits per heavy atom. The van der Waals surface area contributed by atoms with Crippen molar-refractivity contribution in [1.29, 1.82) is 0 Å². The first-order valence-electron chi connectivity index (χ1n) is 9.97. The highest BCUT2D eigenvalue weighted by Crippen LogP contribution is 2.22. The summed E-state index contributed by atoms with van der Waals surface area (Å²) >= 11 is 0. The molecule has 8 heteroatoms. The van der Waals surface area contributed by atoms with Crippen molar-refractivity contribution in [3.05, 3.63) is 59.7 Å². The van der Waals surface area contributed by atoms with Crippen LogP contribution in [0, 0.1) is 12.8 Å². The molecule has 2 aromatic rings. The molecule has 2 aromatic carbocycles. The van der Waals surface area contributed by atoms with Crippen LogP contribution in [0.2, 0.25) is 0 Å². The van der Waals surface area contributed by atoms with Gasteiger partial charge in [0.25, 0.3) is 5.91 Å². The lowest BCUT2D eigenvalue weighted by atomic mass is 9.75. The third-order valence-electron chi connectivity index (χ3n) is 4.81. The highest BCUT2D eigenvalue weighted by Gasteiger charge is 2.30.